The molecule has 0 aliphatic rings. The predicted molar refractivity (Wildman–Crippen MR) is 118 cm³/mol. The molecule has 1 aromatic carbocycles. The highest BCUT2D eigenvalue weighted by Gasteiger charge is 2.16. The zero-order valence-electron chi connectivity index (χ0n) is 16.2. The Kier molecular flexibility index (Phi) is 3.86. The molecule has 0 bridgehead atoms. The number of aromatic amines is 2. The summed E-state index contributed by atoms with van der Waals surface area (Å²) >= 11 is 0. The van der Waals surface area contributed by atoms with Gasteiger partial charge in [-0.15, -0.1) is 0 Å². The minimum Gasteiger partial charge on any atom is -0.352 e. The Balaban J connectivity index is 1.53. The highest BCUT2D eigenvalue weighted by Crippen LogP contribution is 2.34. The number of rotatable bonds is 3. The minimum atomic E-state index is -0.281. The largest absolute Gasteiger partial charge is 0.352 e. The zero-order chi connectivity index (χ0) is 20.8. The number of hydrogen-bond donors (Lipinski definition) is 2. The molecule has 0 saturated carbocycles. The third kappa shape index (κ3) is 2.86. The van der Waals surface area contributed by atoms with Crippen LogP contribution < -0.4 is 0 Å². The van der Waals surface area contributed by atoms with Crippen LogP contribution >= 0.6 is 0 Å². The molecule has 6 rings (SSSR count). The van der Waals surface area contributed by atoms with Crippen LogP contribution in [0.3, 0.4) is 0 Å². The normalized spacial score (nSPS) is 11.4. The van der Waals surface area contributed by atoms with Gasteiger partial charge in [0.2, 0.25) is 0 Å². The van der Waals surface area contributed by atoms with Crippen molar-refractivity contribution in [2.75, 3.05) is 0 Å². The zero-order valence-corrected chi connectivity index (χ0v) is 16.2. The van der Waals surface area contributed by atoms with Crippen LogP contribution in [0.4, 0.5) is 4.39 Å². The lowest BCUT2D eigenvalue weighted by atomic mass is 10.0. The van der Waals surface area contributed by atoms with E-state index >= 15 is 0 Å². The first-order chi connectivity index (χ1) is 15.3. The van der Waals surface area contributed by atoms with E-state index in [2.05, 4.69) is 30.1 Å². The molecule has 0 saturated heterocycles. The summed E-state index contributed by atoms with van der Waals surface area (Å²) in [6.07, 6.45) is 8.70. The van der Waals surface area contributed by atoms with Crippen LogP contribution in [0.5, 0.6) is 0 Å². The van der Waals surface area contributed by atoms with Crippen LogP contribution in [0.15, 0.2) is 79.5 Å². The number of aromatic nitrogens is 6. The van der Waals surface area contributed by atoms with Gasteiger partial charge in [0.25, 0.3) is 0 Å². The number of nitrogens with zero attached hydrogens (tertiary/aromatic N) is 4. The van der Waals surface area contributed by atoms with Crippen LogP contribution in [0.2, 0.25) is 0 Å². The Bertz CT molecular complexity index is 1550. The minimum absolute atomic E-state index is 0.281. The third-order valence-electron chi connectivity index (χ3n) is 5.37. The van der Waals surface area contributed by atoms with E-state index in [0.29, 0.717) is 5.56 Å². The maximum Gasteiger partial charge on any atom is 0.131 e. The van der Waals surface area contributed by atoms with Crippen molar-refractivity contribution in [3.63, 3.8) is 0 Å². The molecule has 0 aliphatic carbocycles. The molecule has 0 aliphatic heterocycles. The quantitative estimate of drug-likeness (QED) is 0.414. The Morgan fingerprint density at radius 2 is 1.71 bits per heavy atom. The Morgan fingerprint density at radius 3 is 2.58 bits per heavy atom. The van der Waals surface area contributed by atoms with E-state index in [4.69, 9.17) is 0 Å². The number of benzene rings is 1. The molecule has 7 heteroatoms. The highest BCUT2D eigenvalue weighted by atomic mass is 19.1. The molecule has 0 radical (unpaired) electrons. The van der Waals surface area contributed by atoms with Gasteiger partial charge in [-0.1, -0.05) is 18.2 Å². The third-order valence-corrected chi connectivity index (χ3v) is 5.37. The van der Waals surface area contributed by atoms with Gasteiger partial charge in [-0.25, -0.2) is 4.39 Å². The van der Waals surface area contributed by atoms with Gasteiger partial charge in [0.15, 0.2) is 0 Å². The summed E-state index contributed by atoms with van der Waals surface area (Å²) in [5.74, 6) is -0.281. The maximum atomic E-state index is 14.4. The molecule has 6 nitrogen and oxygen atoms in total. The first kappa shape index (κ1) is 17.5. The van der Waals surface area contributed by atoms with Crippen molar-refractivity contribution < 1.29 is 4.39 Å². The summed E-state index contributed by atoms with van der Waals surface area (Å²) in [7, 11) is 0. The van der Waals surface area contributed by atoms with Gasteiger partial charge >= 0.3 is 0 Å². The van der Waals surface area contributed by atoms with Gasteiger partial charge in [0, 0.05) is 46.1 Å². The van der Waals surface area contributed by atoms with Gasteiger partial charge in [0.05, 0.1) is 34.8 Å². The van der Waals surface area contributed by atoms with Gasteiger partial charge in [-0.3, -0.25) is 20.1 Å². The lowest BCUT2D eigenvalue weighted by Gasteiger charge is -2.03. The molecule has 0 spiro atoms. The van der Waals surface area contributed by atoms with Crippen LogP contribution in [0.25, 0.3) is 55.6 Å². The molecule has 0 unspecified atom stereocenters. The predicted octanol–water partition coefficient (Wildman–Crippen LogP) is 5.37. The van der Waals surface area contributed by atoms with E-state index in [1.807, 2.05) is 30.3 Å². The van der Waals surface area contributed by atoms with E-state index in [1.165, 1.54) is 6.07 Å². The van der Waals surface area contributed by atoms with Crippen LogP contribution in [-0.4, -0.2) is 30.1 Å². The van der Waals surface area contributed by atoms with Gasteiger partial charge in [0.1, 0.15) is 11.5 Å². The summed E-state index contributed by atoms with van der Waals surface area (Å²) < 4.78 is 14.4. The van der Waals surface area contributed by atoms with Crippen molar-refractivity contribution in [3.05, 3.63) is 85.3 Å². The molecule has 0 atom stereocenters. The smallest absolute Gasteiger partial charge is 0.131 e. The van der Waals surface area contributed by atoms with Crippen molar-refractivity contribution in [2.45, 2.75) is 0 Å². The fourth-order valence-electron chi connectivity index (χ4n) is 3.87. The van der Waals surface area contributed by atoms with E-state index in [1.54, 1.807) is 43.1 Å². The van der Waals surface area contributed by atoms with Crippen LogP contribution in [0, 0.1) is 5.82 Å². The van der Waals surface area contributed by atoms with Crippen molar-refractivity contribution in [2.24, 2.45) is 0 Å². The van der Waals surface area contributed by atoms with Crippen LogP contribution in [0.1, 0.15) is 0 Å². The molecule has 2 N–H and O–H groups in total. The lowest BCUT2D eigenvalue weighted by Crippen LogP contribution is -1.85. The Morgan fingerprint density at radius 1 is 0.774 bits per heavy atom. The maximum absolute atomic E-state index is 14.4. The number of H-pyrrole nitrogens is 2. The van der Waals surface area contributed by atoms with Crippen LogP contribution in [-0.2, 0) is 0 Å². The number of pyridine rings is 3. The first-order valence-electron chi connectivity index (χ1n) is 9.74. The summed E-state index contributed by atoms with van der Waals surface area (Å²) in [4.78, 5) is 16.4. The molecule has 6 aromatic rings. The van der Waals surface area contributed by atoms with Gasteiger partial charge in [-0.2, -0.15) is 5.10 Å². The van der Waals surface area contributed by atoms with Crippen molar-refractivity contribution >= 4 is 21.8 Å². The number of fused-ring (bicyclic) bond motifs is 2. The van der Waals surface area contributed by atoms with Crippen molar-refractivity contribution in [1.29, 1.82) is 0 Å². The molecule has 148 valence electrons. The topological polar surface area (TPSA) is 83.1 Å². The molecular weight excluding hydrogens is 391 g/mol. The molecule has 5 aromatic heterocycles. The molecule has 31 heavy (non-hydrogen) atoms. The summed E-state index contributed by atoms with van der Waals surface area (Å²) in [5.41, 5.74) is 6.21. The summed E-state index contributed by atoms with van der Waals surface area (Å²) in [6, 6.07) is 14.5. The lowest BCUT2D eigenvalue weighted by molar-refractivity contribution is 0.631. The number of halogens is 1. The second kappa shape index (κ2) is 6.84. The molecular formula is C24H15FN6. The standard InChI is InChI=1S/C24H15FN6/c25-19-6-2-1-5-15(19)18-11-27-12-22-16(18)8-21(29-22)24-17-9-20(14-4-3-7-26-10-14)28-13-23(17)30-31-24/h1-13,29H,(H,30,31). The van der Waals surface area contributed by atoms with Gasteiger partial charge < -0.3 is 4.98 Å². The Hall–Kier alpha value is -4.39. The average molecular weight is 406 g/mol. The first-order valence-corrected chi connectivity index (χ1v) is 9.74. The Labute approximate surface area is 175 Å². The summed E-state index contributed by atoms with van der Waals surface area (Å²) in [5, 5.41) is 9.36. The van der Waals surface area contributed by atoms with Crippen molar-refractivity contribution in [1.82, 2.24) is 30.1 Å². The second-order valence-electron chi connectivity index (χ2n) is 7.24. The fraction of sp³-hybridized carbons (Fsp3) is 0. The number of nitrogens with one attached hydrogen (secondary N) is 2. The second-order valence-corrected chi connectivity index (χ2v) is 7.24. The van der Waals surface area contributed by atoms with E-state index in [-0.39, 0.29) is 5.82 Å². The fourth-order valence-corrected chi connectivity index (χ4v) is 3.87. The van der Waals surface area contributed by atoms with E-state index in [0.717, 1.165) is 50.0 Å². The number of hydrogen-bond acceptors (Lipinski definition) is 4. The van der Waals surface area contributed by atoms with E-state index in [9.17, 15) is 4.39 Å². The van der Waals surface area contributed by atoms with Crippen molar-refractivity contribution in [3.8, 4) is 33.8 Å². The molecule has 5 heterocycles. The van der Waals surface area contributed by atoms with E-state index < -0.39 is 0 Å². The molecule has 0 amide bonds. The monoisotopic (exact) mass is 406 g/mol. The molecule has 0 fully saturated rings. The SMILES string of the molecule is Fc1ccccc1-c1cncc2[nH]c(-c3n[nH]c4cnc(-c5cccnc5)cc34)cc12. The summed E-state index contributed by atoms with van der Waals surface area (Å²) in [6.45, 7) is 0. The highest BCUT2D eigenvalue weighted by molar-refractivity contribution is 6.01. The van der Waals surface area contributed by atoms with Gasteiger partial charge in [-0.05, 0) is 30.3 Å². The average Bonchev–Trinajstić information content (AvgIpc) is 3.43.